The van der Waals surface area contributed by atoms with E-state index in [-0.39, 0.29) is 10.8 Å². The van der Waals surface area contributed by atoms with Crippen molar-refractivity contribution < 1.29 is 4.52 Å². The van der Waals surface area contributed by atoms with Crippen LogP contribution in [0.15, 0.2) is 4.52 Å². The Balaban J connectivity index is 2.11. The molecular formula is C11H19N3OS. The smallest absolute Gasteiger partial charge is 0.314 e. The molecule has 1 aromatic heterocycles. The molecule has 1 aliphatic rings. The van der Waals surface area contributed by atoms with Crippen LogP contribution in [-0.4, -0.2) is 16.7 Å². The van der Waals surface area contributed by atoms with Gasteiger partial charge in [-0.15, -0.1) is 0 Å². The minimum Gasteiger partial charge on any atom is -0.348 e. The highest BCUT2D eigenvalue weighted by atomic mass is 32.1. The highest BCUT2D eigenvalue weighted by molar-refractivity contribution is 7.71. The largest absolute Gasteiger partial charge is 0.348 e. The second-order valence-corrected chi connectivity index (χ2v) is 4.91. The first-order valence-electron chi connectivity index (χ1n) is 6.06. The van der Waals surface area contributed by atoms with E-state index in [2.05, 4.69) is 10.1 Å². The molecule has 3 N–H and O–H groups in total. The molecule has 16 heavy (non-hydrogen) atoms. The molecular weight excluding hydrogens is 222 g/mol. The normalized spacial score (nSPS) is 20.6. The highest BCUT2D eigenvalue weighted by Gasteiger charge is 2.25. The Morgan fingerprint density at radius 3 is 2.56 bits per heavy atom. The Bertz CT molecular complexity index is 365. The zero-order valence-electron chi connectivity index (χ0n) is 9.45. The molecule has 2 rings (SSSR count). The van der Waals surface area contributed by atoms with Crippen molar-refractivity contribution in [3.8, 4) is 0 Å². The number of hydrogen-bond donors (Lipinski definition) is 2. The third-order valence-corrected chi connectivity index (χ3v) is 3.70. The van der Waals surface area contributed by atoms with Gasteiger partial charge in [0.1, 0.15) is 5.82 Å². The number of rotatable bonds is 3. The van der Waals surface area contributed by atoms with Crippen molar-refractivity contribution in [2.24, 2.45) is 11.7 Å². The first-order chi connectivity index (χ1) is 7.81. The topological polar surface area (TPSA) is 67.8 Å². The van der Waals surface area contributed by atoms with Gasteiger partial charge in [-0.2, -0.15) is 4.98 Å². The maximum atomic E-state index is 5.86. The Kier molecular flexibility index (Phi) is 4.12. The van der Waals surface area contributed by atoms with Gasteiger partial charge in [-0.1, -0.05) is 25.7 Å². The minimum absolute atomic E-state index is 0.276. The zero-order valence-corrected chi connectivity index (χ0v) is 10.3. The molecule has 0 bridgehead atoms. The van der Waals surface area contributed by atoms with E-state index >= 15 is 0 Å². The third-order valence-electron chi connectivity index (χ3n) is 3.53. The Hall–Kier alpha value is -0.680. The summed E-state index contributed by atoms with van der Waals surface area (Å²) in [5, 5.41) is 2.80. The molecule has 1 aliphatic carbocycles. The zero-order chi connectivity index (χ0) is 11.4. The standard InChI is InChI=1S/C11H19N3OS/c12-7-9(10-13-11(16)15-14-10)8-5-3-1-2-4-6-8/h8-9H,1-7,12H2,(H,13,14,16). The molecule has 5 heteroatoms. The SMILES string of the molecule is NCC(c1nc(=S)o[nH]1)C1CCCCCC1. The van der Waals surface area contributed by atoms with E-state index < -0.39 is 0 Å². The van der Waals surface area contributed by atoms with E-state index in [1.807, 2.05) is 0 Å². The van der Waals surface area contributed by atoms with Crippen LogP contribution in [0.1, 0.15) is 50.3 Å². The van der Waals surface area contributed by atoms with Crippen LogP contribution in [0.3, 0.4) is 0 Å². The van der Waals surface area contributed by atoms with Crippen molar-refractivity contribution >= 4 is 12.2 Å². The predicted octanol–water partition coefficient (Wildman–Crippen LogP) is 2.74. The highest BCUT2D eigenvalue weighted by Crippen LogP contribution is 2.33. The lowest BCUT2D eigenvalue weighted by Gasteiger charge is -2.22. The average Bonchev–Trinajstić information content (AvgIpc) is 2.55. The summed E-state index contributed by atoms with van der Waals surface area (Å²) in [5.41, 5.74) is 5.86. The second kappa shape index (κ2) is 5.59. The molecule has 0 aromatic carbocycles. The first-order valence-corrected chi connectivity index (χ1v) is 6.47. The third kappa shape index (κ3) is 2.71. The molecule has 90 valence electrons. The predicted molar refractivity (Wildman–Crippen MR) is 64.7 cm³/mol. The van der Waals surface area contributed by atoms with Crippen molar-refractivity contribution in [3.63, 3.8) is 0 Å². The number of nitrogens with one attached hydrogen (secondary N) is 1. The summed E-state index contributed by atoms with van der Waals surface area (Å²) in [6.07, 6.45) is 7.80. The molecule has 4 nitrogen and oxygen atoms in total. The molecule has 1 atom stereocenters. The summed E-state index contributed by atoms with van der Waals surface area (Å²) in [6.45, 7) is 0.614. The van der Waals surface area contributed by atoms with E-state index in [4.69, 9.17) is 22.5 Å². The van der Waals surface area contributed by atoms with Crippen molar-refractivity contribution in [1.82, 2.24) is 10.1 Å². The Morgan fingerprint density at radius 2 is 2.06 bits per heavy atom. The van der Waals surface area contributed by atoms with Gasteiger partial charge in [0.05, 0.1) is 0 Å². The number of aromatic nitrogens is 2. The lowest BCUT2D eigenvalue weighted by molar-refractivity contribution is 0.344. The maximum absolute atomic E-state index is 5.86. The van der Waals surface area contributed by atoms with Gasteiger partial charge in [0.15, 0.2) is 0 Å². The summed E-state index contributed by atoms with van der Waals surface area (Å²) in [7, 11) is 0. The maximum Gasteiger partial charge on any atom is 0.314 e. The molecule has 1 fully saturated rings. The average molecular weight is 241 g/mol. The van der Waals surface area contributed by atoms with Crippen LogP contribution in [0.25, 0.3) is 0 Å². The summed E-state index contributed by atoms with van der Waals surface area (Å²) in [4.78, 5) is 4.48. The van der Waals surface area contributed by atoms with Crippen molar-refractivity contribution in [2.45, 2.75) is 44.4 Å². The Labute approximate surface area is 101 Å². The van der Waals surface area contributed by atoms with Crippen LogP contribution >= 0.6 is 12.2 Å². The second-order valence-electron chi connectivity index (χ2n) is 4.56. The van der Waals surface area contributed by atoms with Gasteiger partial charge in [0.2, 0.25) is 0 Å². The van der Waals surface area contributed by atoms with E-state index in [1.54, 1.807) is 0 Å². The minimum atomic E-state index is 0.276. The van der Waals surface area contributed by atoms with Crippen LogP contribution in [0.5, 0.6) is 0 Å². The summed E-state index contributed by atoms with van der Waals surface area (Å²) < 4.78 is 4.99. The number of H-pyrrole nitrogens is 1. The molecule has 0 radical (unpaired) electrons. The summed E-state index contributed by atoms with van der Waals surface area (Å²) in [6, 6.07) is 0. The monoisotopic (exact) mass is 241 g/mol. The molecule has 0 saturated heterocycles. The fraction of sp³-hybridized carbons (Fsp3) is 0.818. The van der Waals surface area contributed by atoms with Gasteiger partial charge in [-0.05, 0) is 31.0 Å². The fourth-order valence-corrected chi connectivity index (χ4v) is 2.78. The lowest BCUT2D eigenvalue weighted by Crippen LogP contribution is -2.22. The Morgan fingerprint density at radius 1 is 1.38 bits per heavy atom. The van der Waals surface area contributed by atoms with Crippen LogP contribution in [0.4, 0.5) is 0 Å². The van der Waals surface area contributed by atoms with E-state index in [0.717, 1.165) is 5.82 Å². The van der Waals surface area contributed by atoms with Gasteiger partial charge in [-0.25, -0.2) is 5.16 Å². The number of aromatic amines is 1. The number of nitrogens with zero attached hydrogens (tertiary/aromatic N) is 1. The lowest BCUT2D eigenvalue weighted by atomic mass is 9.85. The summed E-state index contributed by atoms with van der Waals surface area (Å²) in [5.74, 6) is 1.74. The molecule has 0 amide bonds. The van der Waals surface area contributed by atoms with Crippen molar-refractivity contribution in [1.29, 1.82) is 0 Å². The van der Waals surface area contributed by atoms with Crippen LogP contribution in [0.2, 0.25) is 0 Å². The molecule has 1 unspecified atom stereocenters. The van der Waals surface area contributed by atoms with E-state index in [0.29, 0.717) is 12.5 Å². The van der Waals surface area contributed by atoms with Crippen molar-refractivity contribution in [2.75, 3.05) is 6.54 Å². The molecule has 1 aromatic rings. The molecule has 0 spiro atoms. The molecule has 1 saturated carbocycles. The number of nitrogens with two attached hydrogens (primary N) is 1. The van der Waals surface area contributed by atoms with Gasteiger partial charge in [0, 0.05) is 12.5 Å². The van der Waals surface area contributed by atoms with E-state index in [9.17, 15) is 0 Å². The van der Waals surface area contributed by atoms with Crippen LogP contribution in [-0.2, 0) is 0 Å². The number of hydrogen-bond acceptors (Lipinski definition) is 4. The van der Waals surface area contributed by atoms with Gasteiger partial charge >= 0.3 is 4.84 Å². The van der Waals surface area contributed by atoms with Gasteiger partial charge < -0.3 is 10.3 Å². The van der Waals surface area contributed by atoms with Crippen molar-refractivity contribution in [3.05, 3.63) is 10.7 Å². The summed E-state index contributed by atoms with van der Waals surface area (Å²) >= 11 is 4.88. The fourth-order valence-electron chi connectivity index (χ4n) is 2.64. The first kappa shape index (κ1) is 11.8. The van der Waals surface area contributed by atoms with Gasteiger partial charge in [-0.3, -0.25) is 0 Å². The van der Waals surface area contributed by atoms with E-state index in [1.165, 1.54) is 38.5 Å². The van der Waals surface area contributed by atoms with Crippen LogP contribution in [0, 0.1) is 10.8 Å². The molecule has 1 heterocycles. The quantitative estimate of drug-likeness (QED) is 0.630. The molecule has 0 aliphatic heterocycles. The van der Waals surface area contributed by atoms with Gasteiger partial charge in [0.25, 0.3) is 0 Å². The van der Waals surface area contributed by atoms with Crippen LogP contribution < -0.4 is 5.73 Å².